The van der Waals surface area contributed by atoms with Crippen molar-refractivity contribution in [2.75, 3.05) is 40.8 Å². The first-order valence-corrected chi connectivity index (χ1v) is 6.74. The highest BCUT2D eigenvalue weighted by atomic mass is 16.5. The molecule has 0 radical (unpaired) electrons. The van der Waals surface area contributed by atoms with Crippen molar-refractivity contribution in [1.82, 2.24) is 9.80 Å². The molecule has 1 saturated heterocycles. The Bertz CT molecular complexity index is 292. The smallest absolute Gasteiger partial charge is 0.333 e. The molecule has 1 heterocycles. The molecule has 0 amide bonds. The average molecular weight is 254 g/mol. The molecule has 4 heteroatoms. The Morgan fingerprint density at radius 3 is 2.44 bits per heavy atom. The van der Waals surface area contributed by atoms with E-state index in [2.05, 4.69) is 23.9 Å². The van der Waals surface area contributed by atoms with E-state index in [1.807, 2.05) is 13.0 Å². The quantitative estimate of drug-likeness (QED) is 0.550. The van der Waals surface area contributed by atoms with Crippen LogP contribution in [-0.4, -0.2) is 62.7 Å². The van der Waals surface area contributed by atoms with Gasteiger partial charge >= 0.3 is 5.97 Å². The fraction of sp³-hybridized carbons (Fsp3) is 0.786. The summed E-state index contributed by atoms with van der Waals surface area (Å²) in [6, 6.07) is 0.705. The van der Waals surface area contributed by atoms with E-state index >= 15 is 0 Å². The van der Waals surface area contributed by atoms with Crippen molar-refractivity contribution >= 4 is 5.97 Å². The van der Waals surface area contributed by atoms with Gasteiger partial charge in [-0.3, -0.25) is 4.90 Å². The number of rotatable bonds is 5. The predicted octanol–water partition coefficient (Wildman–Crippen LogP) is 1.52. The zero-order valence-corrected chi connectivity index (χ0v) is 12.1. The monoisotopic (exact) mass is 254 g/mol. The molecule has 0 aromatic heterocycles. The molecule has 18 heavy (non-hydrogen) atoms. The number of hydrogen-bond acceptors (Lipinski definition) is 4. The third-order valence-electron chi connectivity index (χ3n) is 3.71. The van der Waals surface area contributed by atoms with Crippen LogP contribution < -0.4 is 0 Å². The highest BCUT2D eigenvalue weighted by molar-refractivity contribution is 5.88. The van der Waals surface area contributed by atoms with Gasteiger partial charge in [-0.15, -0.1) is 0 Å². The number of esters is 1. The van der Waals surface area contributed by atoms with E-state index in [4.69, 9.17) is 4.74 Å². The Labute approximate surface area is 111 Å². The molecular weight excluding hydrogens is 228 g/mol. The number of carbonyl (C=O) groups excluding carboxylic acids is 1. The molecule has 0 unspecified atom stereocenters. The van der Waals surface area contributed by atoms with Crippen LogP contribution in [-0.2, 0) is 9.53 Å². The van der Waals surface area contributed by atoms with Gasteiger partial charge in [-0.25, -0.2) is 4.79 Å². The van der Waals surface area contributed by atoms with Crippen LogP contribution in [0.4, 0.5) is 0 Å². The maximum absolute atomic E-state index is 11.4. The van der Waals surface area contributed by atoms with Gasteiger partial charge in [-0.1, -0.05) is 13.0 Å². The van der Waals surface area contributed by atoms with E-state index in [9.17, 15) is 4.79 Å². The molecule has 0 bridgehead atoms. The summed E-state index contributed by atoms with van der Waals surface area (Å²) in [5.74, 6) is -0.194. The number of nitrogens with zero attached hydrogens (tertiary/aromatic N) is 2. The normalized spacial score (nSPS) is 19.3. The highest BCUT2D eigenvalue weighted by Crippen LogP contribution is 2.14. The first kappa shape index (κ1) is 15.2. The van der Waals surface area contributed by atoms with Crippen LogP contribution in [0.1, 0.15) is 26.2 Å². The lowest BCUT2D eigenvalue weighted by Gasteiger charge is -2.34. The highest BCUT2D eigenvalue weighted by Gasteiger charge is 2.20. The van der Waals surface area contributed by atoms with Gasteiger partial charge in [0.1, 0.15) is 0 Å². The summed E-state index contributed by atoms with van der Waals surface area (Å²) in [6.07, 6.45) is 5.17. The van der Waals surface area contributed by atoms with Crippen LogP contribution in [0.3, 0.4) is 0 Å². The van der Waals surface area contributed by atoms with Crippen molar-refractivity contribution in [1.29, 1.82) is 0 Å². The van der Waals surface area contributed by atoms with Crippen molar-refractivity contribution in [2.45, 2.75) is 32.2 Å². The predicted molar refractivity (Wildman–Crippen MR) is 73.5 cm³/mol. The van der Waals surface area contributed by atoms with Crippen LogP contribution in [0.15, 0.2) is 11.6 Å². The van der Waals surface area contributed by atoms with Gasteiger partial charge < -0.3 is 9.64 Å². The molecule has 1 rings (SSSR count). The standard InChI is InChI=1S/C14H26N2O2/c1-5-12(14(17)18-4)6-9-16-10-7-13(8-11-16)15(2)3/h6,13H,5,7-11H2,1-4H3. The van der Waals surface area contributed by atoms with Crippen molar-refractivity contribution in [3.05, 3.63) is 11.6 Å². The summed E-state index contributed by atoms with van der Waals surface area (Å²) in [5.41, 5.74) is 0.784. The SMILES string of the molecule is CCC(=CCN1CCC(N(C)C)CC1)C(=O)OC. The summed E-state index contributed by atoms with van der Waals surface area (Å²) >= 11 is 0. The van der Waals surface area contributed by atoms with Gasteiger partial charge in [-0.2, -0.15) is 0 Å². The second-order valence-corrected chi connectivity index (χ2v) is 5.07. The van der Waals surface area contributed by atoms with Crippen LogP contribution in [0.25, 0.3) is 0 Å². The fourth-order valence-electron chi connectivity index (χ4n) is 2.36. The van der Waals surface area contributed by atoms with E-state index in [1.165, 1.54) is 20.0 Å². The van der Waals surface area contributed by atoms with Crippen molar-refractivity contribution < 1.29 is 9.53 Å². The third-order valence-corrected chi connectivity index (χ3v) is 3.71. The van der Waals surface area contributed by atoms with Crippen molar-refractivity contribution in [3.63, 3.8) is 0 Å². The largest absolute Gasteiger partial charge is 0.466 e. The Morgan fingerprint density at radius 1 is 1.39 bits per heavy atom. The molecule has 1 fully saturated rings. The molecule has 0 spiro atoms. The summed E-state index contributed by atoms with van der Waals surface area (Å²) in [4.78, 5) is 16.1. The summed E-state index contributed by atoms with van der Waals surface area (Å²) in [6.45, 7) is 5.06. The molecule has 0 N–H and O–H groups in total. The maximum atomic E-state index is 11.4. The molecule has 1 aliphatic rings. The molecule has 0 saturated carbocycles. The lowest BCUT2D eigenvalue weighted by atomic mass is 10.0. The van der Waals surface area contributed by atoms with Crippen molar-refractivity contribution in [2.24, 2.45) is 0 Å². The minimum Gasteiger partial charge on any atom is -0.466 e. The zero-order valence-electron chi connectivity index (χ0n) is 12.1. The minimum atomic E-state index is -0.194. The zero-order chi connectivity index (χ0) is 13.5. The van der Waals surface area contributed by atoms with E-state index in [0.717, 1.165) is 31.6 Å². The lowest BCUT2D eigenvalue weighted by molar-refractivity contribution is -0.136. The second-order valence-electron chi connectivity index (χ2n) is 5.07. The molecule has 0 aliphatic carbocycles. The summed E-state index contributed by atoms with van der Waals surface area (Å²) in [5, 5.41) is 0. The first-order valence-electron chi connectivity index (χ1n) is 6.74. The van der Waals surface area contributed by atoms with E-state index in [-0.39, 0.29) is 5.97 Å². The maximum Gasteiger partial charge on any atom is 0.333 e. The Morgan fingerprint density at radius 2 is 2.00 bits per heavy atom. The molecule has 104 valence electrons. The minimum absolute atomic E-state index is 0.194. The number of likely N-dealkylation sites (tertiary alicyclic amines) is 1. The van der Waals surface area contributed by atoms with E-state index in [0.29, 0.717) is 6.04 Å². The molecule has 0 atom stereocenters. The first-order chi connectivity index (χ1) is 8.58. The molecule has 1 aliphatic heterocycles. The lowest BCUT2D eigenvalue weighted by Crippen LogP contribution is -2.42. The van der Waals surface area contributed by atoms with Gasteiger partial charge in [0, 0.05) is 18.2 Å². The molecular formula is C14H26N2O2. The van der Waals surface area contributed by atoms with Crippen LogP contribution in [0.5, 0.6) is 0 Å². The van der Waals surface area contributed by atoms with Crippen molar-refractivity contribution in [3.8, 4) is 0 Å². The van der Waals surface area contributed by atoms with Crippen LogP contribution >= 0.6 is 0 Å². The number of hydrogen-bond donors (Lipinski definition) is 0. The van der Waals surface area contributed by atoms with Gasteiger partial charge in [0.25, 0.3) is 0 Å². The average Bonchev–Trinajstić information content (AvgIpc) is 2.39. The Balaban J connectivity index is 2.41. The van der Waals surface area contributed by atoms with Gasteiger partial charge in [0.2, 0.25) is 0 Å². The third kappa shape index (κ3) is 4.42. The number of piperidine rings is 1. The molecule has 4 nitrogen and oxygen atoms in total. The van der Waals surface area contributed by atoms with E-state index in [1.54, 1.807) is 0 Å². The van der Waals surface area contributed by atoms with Gasteiger partial charge in [0.05, 0.1) is 7.11 Å². The van der Waals surface area contributed by atoms with Crippen LogP contribution in [0.2, 0.25) is 0 Å². The van der Waals surface area contributed by atoms with E-state index < -0.39 is 0 Å². The Hall–Kier alpha value is -0.870. The Kier molecular flexibility index (Phi) is 6.36. The second kappa shape index (κ2) is 7.54. The topological polar surface area (TPSA) is 32.8 Å². The van der Waals surface area contributed by atoms with Gasteiger partial charge in [0.15, 0.2) is 0 Å². The van der Waals surface area contributed by atoms with Crippen LogP contribution in [0, 0.1) is 0 Å². The molecule has 0 aromatic carbocycles. The van der Waals surface area contributed by atoms with Gasteiger partial charge in [-0.05, 0) is 46.4 Å². The number of methoxy groups -OCH3 is 1. The summed E-state index contributed by atoms with van der Waals surface area (Å²) in [7, 11) is 5.73. The number of carbonyl (C=O) groups is 1. The molecule has 0 aromatic rings. The number of ether oxygens (including phenoxy) is 1. The fourth-order valence-corrected chi connectivity index (χ4v) is 2.36. The summed E-state index contributed by atoms with van der Waals surface area (Å²) < 4.78 is 4.76.